The van der Waals surface area contributed by atoms with Gasteiger partial charge in [0.25, 0.3) is 0 Å². The number of aromatic nitrogens is 2. The molecule has 112 valence electrons. The van der Waals surface area contributed by atoms with Crippen LogP contribution in [0.3, 0.4) is 0 Å². The molecule has 0 radical (unpaired) electrons. The zero-order chi connectivity index (χ0) is 14.8. The standard InChI is InChI=1S/C16H22N4O/c1-11-4-7-16(19-18-11)20-9-14(10-20)8-17-13(3)15-6-5-12(2)21-15/h4-7,13-14,17H,8-10H2,1-3H3. The van der Waals surface area contributed by atoms with Gasteiger partial charge in [-0.25, -0.2) is 0 Å². The van der Waals surface area contributed by atoms with Crippen molar-refractivity contribution in [3.8, 4) is 0 Å². The van der Waals surface area contributed by atoms with Crippen LogP contribution in [0.5, 0.6) is 0 Å². The number of rotatable bonds is 5. The molecule has 1 saturated heterocycles. The van der Waals surface area contributed by atoms with Crippen molar-refractivity contribution in [1.82, 2.24) is 15.5 Å². The van der Waals surface area contributed by atoms with Crippen molar-refractivity contribution in [3.05, 3.63) is 41.5 Å². The predicted molar refractivity (Wildman–Crippen MR) is 82.3 cm³/mol. The Bertz CT molecular complexity index is 587. The molecule has 2 aromatic rings. The van der Waals surface area contributed by atoms with Crippen LogP contribution in [-0.2, 0) is 0 Å². The highest BCUT2D eigenvalue weighted by Crippen LogP contribution is 2.23. The molecule has 1 aliphatic rings. The van der Waals surface area contributed by atoms with Crippen molar-refractivity contribution in [2.24, 2.45) is 5.92 Å². The van der Waals surface area contributed by atoms with E-state index in [9.17, 15) is 0 Å². The summed E-state index contributed by atoms with van der Waals surface area (Å²) in [5.74, 6) is 3.61. The summed E-state index contributed by atoms with van der Waals surface area (Å²) in [5, 5.41) is 11.9. The Morgan fingerprint density at radius 3 is 2.67 bits per heavy atom. The molecule has 0 spiro atoms. The van der Waals surface area contributed by atoms with Crippen LogP contribution < -0.4 is 10.2 Å². The first-order chi connectivity index (χ1) is 10.1. The van der Waals surface area contributed by atoms with Gasteiger partial charge in [0.15, 0.2) is 5.82 Å². The van der Waals surface area contributed by atoms with E-state index in [-0.39, 0.29) is 6.04 Å². The molecule has 0 aromatic carbocycles. The molecule has 1 atom stereocenters. The molecule has 21 heavy (non-hydrogen) atoms. The molecule has 2 aromatic heterocycles. The maximum Gasteiger partial charge on any atom is 0.151 e. The zero-order valence-corrected chi connectivity index (χ0v) is 12.8. The van der Waals surface area contributed by atoms with Gasteiger partial charge in [-0.2, -0.15) is 5.10 Å². The fourth-order valence-corrected chi connectivity index (χ4v) is 2.58. The third-order valence-corrected chi connectivity index (χ3v) is 3.97. The quantitative estimate of drug-likeness (QED) is 0.915. The Labute approximate surface area is 125 Å². The predicted octanol–water partition coefficient (Wildman–Crippen LogP) is 2.47. The third kappa shape index (κ3) is 3.24. The van der Waals surface area contributed by atoms with Crippen LogP contribution in [0, 0.1) is 19.8 Å². The largest absolute Gasteiger partial charge is 0.465 e. The Morgan fingerprint density at radius 1 is 1.24 bits per heavy atom. The second-order valence-electron chi connectivity index (χ2n) is 5.88. The van der Waals surface area contributed by atoms with Gasteiger partial charge in [-0.15, -0.1) is 5.10 Å². The summed E-state index contributed by atoms with van der Waals surface area (Å²) in [7, 11) is 0. The Kier molecular flexibility index (Phi) is 3.92. The van der Waals surface area contributed by atoms with Crippen LogP contribution in [-0.4, -0.2) is 29.8 Å². The van der Waals surface area contributed by atoms with Gasteiger partial charge in [-0.1, -0.05) is 0 Å². The van der Waals surface area contributed by atoms with Crippen molar-refractivity contribution in [2.45, 2.75) is 26.8 Å². The summed E-state index contributed by atoms with van der Waals surface area (Å²) in [6.45, 7) is 9.14. The van der Waals surface area contributed by atoms with Crippen molar-refractivity contribution < 1.29 is 4.42 Å². The fourth-order valence-electron chi connectivity index (χ4n) is 2.58. The highest BCUT2D eigenvalue weighted by Gasteiger charge is 2.28. The van der Waals surface area contributed by atoms with Gasteiger partial charge < -0.3 is 14.6 Å². The first-order valence-corrected chi connectivity index (χ1v) is 7.47. The molecule has 0 bridgehead atoms. The number of furan rings is 1. The summed E-state index contributed by atoms with van der Waals surface area (Å²) in [6.07, 6.45) is 0. The van der Waals surface area contributed by atoms with Gasteiger partial charge in [0.05, 0.1) is 11.7 Å². The topological polar surface area (TPSA) is 54.2 Å². The van der Waals surface area contributed by atoms with Gasteiger partial charge in [0.2, 0.25) is 0 Å². The van der Waals surface area contributed by atoms with E-state index in [2.05, 4.69) is 27.3 Å². The average molecular weight is 286 g/mol. The summed E-state index contributed by atoms with van der Waals surface area (Å²) >= 11 is 0. The lowest BCUT2D eigenvalue weighted by molar-refractivity contribution is 0.344. The number of hydrogen-bond acceptors (Lipinski definition) is 5. The second kappa shape index (κ2) is 5.85. The summed E-state index contributed by atoms with van der Waals surface area (Å²) in [5.41, 5.74) is 0.958. The lowest BCUT2D eigenvalue weighted by Crippen LogP contribution is -2.51. The SMILES string of the molecule is Cc1ccc(N2CC(CNC(C)c3ccc(C)o3)C2)nn1. The lowest BCUT2D eigenvalue weighted by atomic mass is 10.00. The third-order valence-electron chi connectivity index (χ3n) is 3.97. The van der Waals surface area contributed by atoms with Crippen LogP contribution in [0.15, 0.2) is 28.7 Å². The Balaban J connectivity index is 1.44. The maximum absolute atomic E-state index is 5.64. The Hall–Kier alpha value is -1.88. The first-order valence-electron chi connectivity index (χ1n) is 7.47. The highest BCUT2D eigenvalue weighted by atomic mass is 16.3. The van der Waals surface area contributed by atoms with Crippen molar-refractivity contribution >= 4 is 5.82 Å². The molecule has 1 unspecified atom stereocenters. The van der Waals surface area contributed by atoms with E-state index >= 15 is 0 Å². The smallest absolute Gasteiger partial charge is 0.151 e. The van der Waals surface area contributed by atoms with Crippen LogP contribution in [0.4, 0.5) is 5.82 Å². The maximum atomic E-state index is 5.64. The minimum absolute atomic E-state index is 0.256. The number of hydrogen-bond donors (Lipinski definition) is 1. The van der Waals surface area contributed by atoms with Gasteiger partial charge in [0, 0.05) is 25.6 Å². The van der Waals surface area contributed by atoms with Gasteiger partial charge >= 0.3 is 0 Å². The Morgan fingerprint density at radius 2 is 2.05 bits per heavy atom. The fraction of sp³-hybridized carbons (Fsp3) is 0.500. The molecule has 0 aliphatic carbocycles. The lowest BCUT2D eigenvalue weighted by Gasteiger charge is -2.40. The second-order valence-corrected chi connectivity index (χ2v) is 5.88. The monoisotopic (exact) mass is 286 g/mol. The normalized spacial score (nSPS) is 16.8. The van der Waals surface area contributed by atoms with Crippen molar-refractivity contribution in [3.63, 3.8) is 0 Å². The molecule has 1 fully saturated rings. The molecule has 1 aliphatic heterocycles. The van der Waals surface area contributed by atoms with Gasteiger partial charge in [-0.3, -0.25) is 0 Å². The van der Waals surface area contributed by atoms with Crippen LogP contribution in [0.1, 0.15) is 30.2 Å². The zero-order valence-electron chi connectivity index (χ0n) is 12.8. The minimum Gasteiger partial charge on any atom is -0.465 e. The number of nitrogens with zero attached hydrogens (tertiary/aromatic N) is 3. The molecule has 5 heteroatoms. The average Bonchev–Trinajstić information content (AvgIpc) is 2.85. The van der Waals surface area contributed by atoms with Crippen LogP contribution >= 0.6 is 0 Å². The number of anilines is 1. The van der Waals surface area contributed by atoms with E-state index in [1.165, 1.54) is 0 Å². The molecular weight excluding hydrogens is 264 g/mol. The van der Waals surface area contributed by atoms with E-state index in [1.54, 1.807) is 0 Å². The number of nitrogens with one attached hydrogen (secondary N) is 1. The van der Waals surface area contributed by atoms with E-state index in [0.29, 0.717) is 5.92 Å². The van der Waals surface area contributed by atoms with E-state index in [4.69, 9.17) is 4.42 Å². The van der Waals surface area contributed by atoms with Crippen molar-refractivity contribution in [1.29, 1.82) is 0 Å². The summed E-state index contributed by atoms with van der Waals surface area (Å²) < 4.78 is 5.64. The van der Waals surface area contributed by atoms with Gasteiger partial charge in [0.1, 0.15) is 11.5 Å². The highest BCUT2D eigenvalue weighted by molar-refractivity contribution is 5.40. The van der Waals surface area contributed by atoms with E-state index < -0.39 is 0 Å². The molecule has 3 heterocycles. The minimum atomic E-state index is 0.256. The van der Waals surface area contributed by atoms with Crippen LogP contribution in [0.25, 0.3) is 0 Å². The van der Waals surface area contributed by atoms with Gasteiger partial charge in [-0.05, 0) is 45.0 Å². The first kappa shape index (κ1) is 14.1. The summed E-state index contributed by atoms with van der Waals surface area (Å²) in [6, 6.07) is 8.36. The molecule has 5 nitrogen and oxygen atoms in total. The molecule has 3 rings (SSSR count). The number of aryl methyl sites for hydroxylation is 2. The van der Waals surface area contributed by atoms with Crippen molar-refractivity contribution in [2.75, 3.05) is 24.5 Å². The van der Waals surface area contributed by atoms with E-state index in [0.717, 1.165) is 42.7 Å². The molecule has 0 amide bonds. The summed E-state index contributed by atoms with van der Waals surface area (Å²) in [4.78, 5) is 2.26. The molecule has 1 N–H and O–H groups in total. The van der Waals surface area contributed by atoms with E-state index in [1.807, 2.05) is 38.1 Å². The molecular formula is C16H22N4O. The molecule has 0 saturated carbocycles. The van der Waals surface area contributed by atoms with Crippen LogP contribution in [0.2, 0.25) is 0 Å².